The molecule has 0 aromatic carbocycles. The van der Waals surface area contributed by atoms with Crippen molar-refractivity contribution in [3.63, 3.8) is 0 Å². The SMILES string of the molecule is O.[Br][Sn]([Br])[Br]. The summed E-state index contributed by atoms with van der Waals surface area (Å²) in [6, 6.07) is 0. The zero-order valence-electron chi connectivity index (χ0n) is 2.13. The number of hydrogen-bond donors (Lipinski definition) is 0. The van der Waals surface area contributed by atoms with E-state index < -0.39 is 13.1 Å². The minimum absolute atomic E-state index is 0. The number of rotatable bonds is 0. The summed E-state index contributed by atoms with van der Waals surface area (Å²) < 4.78 is 0. The Morgan fingerprint density at radius 2 is 1.00 bits per heavy atom. The molecule has 0 aliphatic heterocycles. The van der Waals surface area contributed by atoms with Crippen LogP contribution < -0.4 is 0 Å². The van der Waals surface area contributed by atoms with Crippen LogP contribution in [0, 0.1) is 0 Å². The van der Waals surface area contributed by atoms with Gasteiger partial charge < -0.3 is 5.48 Å². The number of hydrogen-bond acceptors (Lipinski definition) is 0. The Hall–Kier alpha value is 2.20. The van der Waals surface area contributed by atoms with Crippen molar-refractivity contribution >= 4 is 51.2 Å². The Morgan fingerprint density at radius 1 is 1.00 bits per heavy atom. The van der Waals surface area contributed by atoms with Crippen molar-refractivity contribution < 1.29 is 5.48 Å². The monoisotopic (exact) mass is 375 g/mol. The molecule has 0 atom stereocenters. The predicted octanol–water partition coefficient (Wildman–Crippen LogP) is 1.33. The van der Waals surface area contributed by atoms with Gasteiger partial charge in [-0.1, -0.05) is 0 Å². The molecule has 0 rings (SSSR count). The Kier molecular flexibility index (Phi) is 12.7. The van der Waals surface area contributed by atoms with Crippen molar-refractivity contribution in [3.8, 4) is 0 Å². The summed E-state index contributed by atoms with van der Waals surface area (Å²) in [5, 5.41) is 0. The van der Waals surface area contributed by atoms with E-state index >= 15 is 0 Å². The second-order valence-corrected chi connectivity index (χ2v) is 38.8. The maximum atomic E-state index is 3.30. The summed E-state index contributed by atoms with van der Waals surface area (Å²) >= 11 is 8.80. The first kappa shape index (κ1) is 10.2. The van der Waals surface area contributed by atoms with Crippen molar-refractivity contribution in [2.75, 3.05) is 0 Å². The first-order valence-electron chi connectivity index (χ1n) is 0.567. The molecule has 0 bridgehead atoms. The first-order valence-corrected chi connectivity index (χ1v) is 19.8. The fourth-order valence-corrected chi connectivity index (χ4v) is 0. The topological polar surface area (TPSA) is 31.5 Å². The van der Waals surface area contributed by atoms with Gasteiger partial charge in [-0.2, -0.15) is 0 Å². The molecule has 0 aromatic heterocycles. The standard InChI is InChI=1S/3BrH.H2O.Sn/h3*1H;1H2;/q;;;;+3/p-3. The molecule has 0 aliphatic carbocycles. The summed E-state index contributed by atoms with van der Waals surface area (Å²) in [7, 11) is 0. The van der Waals surface area contributed by atoms with Crippen molar-refractivity contribution in [2.24, 2.45) is 0 Å². The first-order chi connectivity index (χ1) is 1.73. The van der Waals surface area contributed by atoms with E-state index in [1.54, 1.807) is 0 Å². The van der Waals surface area contributed by atoms with E-state index in [0.29, 0.717) is 0 Å². The predicted molar refractivity (Wildman–Crippen MR) is 36.1 cm³/mol. The van der Waals surface area contributed by atoms with E-state index in [9.17, 15) is 0 Å². The molecule has 0 amide bonds. The normalized spacial score (nSPS) is 7.20. The molecular weight excluding hydrogens is 374 g/mol. The Labute approximate surface area is 55.8 Å². The van der Waals surface area contributed by atoms with Crippen LogP contribution in [0.3, 0.4) is 0 Å². The molecule has 1 nitrogen and oxygen atoms in total. The third-order valence-corrected chi connectivity index (χ3v) is 0. The van der Waals surface area contributed by atoms with E-state index in [4.69, 9.17) is 0 Å². The van der Waals surface area contributed by atoms with Crippen LogP contribution in [0.25, 0.3) is 0 Å². The third kappa shape index (κ3) is 22.6. The molecule has 0 aromatic rings. The third-order valence-electron chi connectivity index (χ3n) is 0. The van der Waals surface area contributed by atoms with E-state index in [1.165, 1.54) is 0 Å². The zero-order chi connectivity index (χ0) is 3.58. The van der Waals surface area contributed by atoms with Crippen LogP contribution in [-0.2, 0) is 0 Å². The van der Waals surface area contributed by atoms with Gasteiger partial charge in [-0.3, -0.25) is 0 Å². The van der Waals surface area contributed by atoms with Gasteiger partial charge in [0.05, 0.1) is 0 Å². The van der Waals surface area contributed by atoms with Crippen LogP contribution in [0.5, 0.6) is 0 Å². The molecular formula is H2Br3OSn. The fraction of sp³-hybridized carbons (Fsp3) is 0. The Morgan fingerprint density at radius 3 is 1.00 bits per heavy atom. The summed E-state index contributed by atoms with van der Waals surface area (Å²) in [4.78, 5) is 0. The average Bonchev–Trinajstić information content (AvgIpc) is 0.811. The van der Waals surface area contributed by atoms with Crippen LogP contribution in [-0.4, -0.2) is 18.6 Å². The molecule has 5 heavy (non-hydrogen) atoms. The van der Waals surface area contributed by atoms with Gasteiger partial charge in [-0.15, -0.1) is 0 Å². The molecule has 0 saturated carbocycles. The molecule has 0 saturated heterocycles. The van der Waals surface area contributed by atoms with E-state index in [0.717, 1.165) is 0 Å². The molecule has 33 valence electrons. The van der Waals surface area contributed by atoms with Crippen molar-refractivity contribution in [1.82, 2.24) is 0 Å². The van der Waals surface area contributed by atoms with Gasteiger partial charge in [0, 0.05) is 0 Å². The summed E-state index contributed by atoms with van der Waals surface area (Å²) in [6.07, 6.45) is 0. The second-order valence-electron chi connectivity index (χ2n) is 0.214. The van der Waals surface area contributed by atoms with Crippen LogP contribution in [0.15, 0.2) is 0 Å². The van der Waals surface area contributed by atoms with Crippen molar-refractivity contribution in [2.45, 2.75) is 0 Å². The van der Waals surface area contributed by atoms with Gasteiger partial charge in [0.1, 0.15) is 0 Å². The van der Waals surface area contributed by atoms with Crippen molar-refractivity contribution in [1.29, 1.82) is 0 Å². The molecule has 0 fully saturated rings. The average molecular weight is 376 g/mol. The molecule has 1 radical (unpaired) electrons. The van der Waals surface area contributed by atoms with Gasteiger partial charge in [0.25, 0.3) is 0 Å². The molecule has 0 heterocycles. The summed E-state index contributed by atoms with van der Waals surface area (Å²) in [5.74, 6) is 0. The molecule has 0 unspecified atom stereocenters. The Balaban J connectivity index is 0. The van der Waals surface area contributed by atoms with Crippen molar-refractivity contribution in [3.05, 3.63) is 0 Å². The van der Waals surface area contributed by atoms with Gasteiger partial charge >= 0.3 is 51.2 Å². The Bertz CT molecular complexity index is 11.6. The summed E-state index contributed by atoms with van der Waals surface area (Å²) in [5.41, 5.74) is 0. The summed E-state index contributed by atoms with van der Waals surface area (Å²) in [6.45, 7) is 0. The van der Waals surface area contributed by atoms with Gasteiger partial charge in [-0.25, -0.2) is 0 Å². The molecule has 0 aliphatic rings. The van der Waals surface area contributed by atoms with Crippen LogP contribution in [0.4, 0.5) is 0 Å². The van der Waals surface area contributed by atoms with E-state index in [-0.39, 0.29) is 5.48 Å². The van der Waals surface area contributed by atoms with E-state index in [1.807, 2.05) is 0 Å². The van der Waals surface area contributed by atoms with Crippen LogP contribution >= 0.6 is 38.1 Å². The maximum absolute atomic E-state index is 3.30. The quantitative estimate of drug-likeness (QED) is 0.572. The number of halogens is 3. The van der Waals surface area contributed by atoms with E-state index in [2.05, 4.69) is 38.1 Å². The fourth-order valence-electron chi connectivity index (χ4n) is 0. The minimum atomic E-state index is -1.11. The zero-order valence-corrected chi connectivity index (χ0v) is 9.75. The van der Waals surface area contributed by atoms with Gasteiger partial charge in [0.15, 0.2) is 0 Å². The molecule has 0 spiro atoms. The second kappa shape index (κ2) is 6.20. The van der Waals surface area contributed by atoms with Crippen LogP contribution in [0.2, 0.25) is 0 Å². The van der Waals surface area contributed by atoms with Gasteiger partial charge in [-0.05, 0) is 0 Å². The molecule has 5 heteroatoms. The molecule has 2 N–H and O–H groups in total. The van der Waals surface area contributed by atoms with Gasteiger partial charge in [0.2, 0.25) is 0 Å². The van der Waals surface area contributed by atoms with Crippen LogP contribution in [0.1, 0.15) is 0 Å².